The van der Waals surface area contributed by atoms with Gasteiger partial charge in [-0.05, 0) is 173 Å². The molecule has 4 rings (SSSR count). The maximum atomic E-state index is 12.6. The third kappa shape index (κ3) is 34.4. The van der Waals surface area contributed by atoms with E-state index in [1.807, 2.05) is 48.5 Å². The summed E-state index contributed by atoms with van der Waals surface area (Å²) in [7, 11) is 0. The van der Waals surface area contributed by atoms with Gasteiger partial charge in [0.25, 0.3) is 11.8 Å². The van der Waals surface area contributed by atoms with Gasteiger partial charge in [0.15, 0.2) is 0 Å². The van der Waals surface area contributed by atoms with Crippen molar-refractivity contribution in [3.8, 4) is 11.1 Å². The molecule has 1 atom stereocenters. The Kier molecular flexibility index (Phi) is 30.6. The van der Waals surface area contributed by atoms with Gasteiger partial charge in [-0.3, -0.25) is 57.9 Å². The van der Waals surface area contributed by atoms with E-state index in [-0.39, 0.29) is 71.1 Å². The van der Waals surface area contributed by atoms with Gasteiger partial charge in [-0.2, -0.15) is 0 Å². The van der Waals surface area contributed by atoms with E-state index in [9.17, 15) is 62.6 Å². The molecule has 2 aromatic rings. The first-order valence-corrected chi connectivity index (χ1v) is 30.2. The maximum Gasteiger partial charge on any atom is 0.407 e. The summed E-state index contributed by atoms with van der Waals surface area (Å²) in [4.78, 5) is 152. The number of esters is 6. The molecule has 3 amide bonds. The van der Waals surface area contributed by atoms with E-state index in [1.165, 1.54) is 4.90 Å². The zero-order valence-electron chi connectivity index (χ0n) is 56.7. The van der Waals surface area contributed by atoms with E-state index in [1.54, 1.807) is 130 Å². The molecule has 1 heterocycles. The minimum atomic E-state index is -1.17. The van der Waals surface area contributed by atoms with E-state index in [4.69, 9.17) is 43.1 Å². The number of carbonyl (C=O) groups excluding carboxylic acids is 10. The summed E-state index contributed by atoms with van der Waals surface area (Å²) in [5, 5.41) is 21.4. The molecule has 0 spiro atoms. The molecule has 1 aliphatic carbocycles. The van der Waals surface area contributed by atoms with Crippen LogP contribution in [0.1, 0.15) is 174 Å². The van der Waals surface area contributed by atoms with Gasteiger partial charge in [0.1, 0.15) is 52.8 Å². The van der Waals surface area contributed by atoms with Crippen molar-refractivity contribution in [1.29, 1.82) is 0 Å². The summed E-state index contributed by atoms with van der Waals surface area (Å²) in [6.45, 7) is 28.8. The molecule has 0 saturated carbocycles. The van der Waals surface area contributed by atoms with E-state index in [0.29, 0.717) is 24.4 Å². The highest BCUT2D eigenvalue weighted by Gasteiger charge is 2.35. The van der Waals surface area contributed by atoms with Crippen LogP contribution in [0.15, 0.2) is 48.5 Å². The van der Waals surface area contributed by atoms with Crippen LogP contribution in [0.3, 0.4) is 0 Å². The van der Waals surface area contributed by atoms with E-state index < -0.39 is 124 Å². The summed E-state index contributed by atoms with van der Waals surface area (Å²) in [6, 6.07) is 14.8. The average Bonchev–Trinajstić information content (AvgIpc) is 1.62. The summed E-state index contributed by atoms with van der Waals surface area (Å²) < 4.78 is 36.9. The third-order valence-electron chi connectivity index (χ3n) is 11.7. The Hall–Kier alpha value is -8.04. The van der Waals surface area contributed by atoms with Crippen LogP contribution in [0.2, 0.25) is 0 Å². The number of alkyl carbamates (subject to hydrolysis) is 1. The monoisotopic (exact) mass is 1300 g/mol. The fraction of sp³-hybridized carbons (Fsp3) is 0.631. The van der Waals surface area contributed by atoms with Gasteiger partial charge < -0.3 is 53.5 Å². The van der Waals surface area contributed by atoms with Gasteiger partial charge in [0.05, 0.1) is 45.8 Å². The fourth-order valence-corrected chi connectivity index (χ4v) is 8.77. The number of unbranched alkanes of at least 4 members (excludes halogenated alkanes) is 1. The number of hydrogen-bond acceptors (Lipinski definition) is 23. The molecular weight excluding hydrogens is 1200 g/mol. The average molecular weight is 1300 g/mol. The first-order chi connectivity index (χ1) is 42.1. The standard InChI is InChI=1S/C33H44N2O8.C18H28N2O8.C14H25NO6/c1-32(2,3)42-28(36)19-35(20-29(37)43-33(4,5)6)18-12-11-17-27(30(38)39)34-31(40)41-21-26-24-15-9-7-13-22(24)23-14-8-10-16-25(23)26;1-17(2,3)26-14(23)9-19(10-15(24)27-18(4,5)6)11-16(25)28-20-12(21)7-8-13(20)22;1-13(2,3)20-11(18)8-15(7-10(16)17)9-12(19)21-14(4,5)6/h7-10,13-16,26-27H,11-12,17-21H2,1-6H3,(H,34,40)(H,38,39);7-11H2,1-6H3;7-9H2,1-6H3,(H,16,17)/t27-;;/m0../s1. The quantitative estimate of drug-likeness (QED) is 0.0378. The lowest BCUT2D eigenvalue weighted by Gasteiger charge is -2.26. The van der Waals surface area contributed by atoms with Crippen molar-refractivity contribution in [3.63, 3.8) is 0 Å². The van der Waals surface area contributed by atoms with Gasteiger partial charge in [-0.1, -0.05) is 48.5 Å². The van der Waals surface area contributed by atoms with Crippen molar-refractivity contribution < 1.29 is 106 Å². The number of nitrogens with one attached hydrogen (secondary N) is 1. The third-order valence-corrected chi connectivity index (χ3v) is 11.7. The number of ether oxygens (including phenoxy) is 7. The Morgan fingerprint density at radius 2 is 0.783 bits per heavy atom. The molecule has 0 aromatic heterocycles. The second kappa shape index (κ2) is 35.1. The van der Waals surface area contributed by atoms with Crippen molar-refractivity contribution in [3.05, 3.63) is 59.7 Å². The molecule has 2 aromatic carbocycles. The largest absolute Gasteiger partial charge is 0.480 e. The number of aliphatic carboxylic acids is 2. The van der Waals surface area contributed by atoms with Gasteiger partial charge in [0, 0.05) is 18.8 Å². The van der Waals surface area contributed by atoms with Crippen LogP contribution in [0.25, 0.3) is 11.1 Å². The highest BCUT2D eigenvalue weighted by atomic mass is 16.7. The maximum absolute atomic E-state index is 12.6. The highest BCUT2D eigenvalue weighted by Crippen LogP contribution is 2.44. The number of hydroxylamine groups is 2. The number of amides is 3. The highest BCUT2D eigenvalue weighted by molar-refractivity contribution is 6.01. The molecule has 0 unspecified atom stereocenters. The van der Waals surface area contributed by atoms with Crippen LogP contribution >= 0.6 is 0 Å². The molecule has 514 valence electrons. The van der Waals surface area contributed by atoms with Gasteiger partial charge in [-0.25, -0.2) is 14.4 Å². The lowest BCUT2D eigenvalue weighted by atomic mass is 9.98. The Balaban J connectivity index is 0.000000508. The van der Waals surface area contributed by atoms with Crippen LogP contribution in [-0.4, -0.2) is 207 Å². The summed E-state index contributed by atoms with van der Waals surface area (Å²) in [5.74, 6) is -8.09. The van der Waals surface area contributed by atoms with E-state index >= 15 is 0 Å². The number of fused-ring (bicyclic) bond motifs is 3. The SMILES string of the molecule is CC(C)(C)OC(=O)CN(CC(=O)O)CC(=O)OC(C)(C)C.CC(C)(C)OC(=O)CN(CC(=O)ON1C(=O)CCC1=O)CC(=O)OC(C)(C)C.CC(C)(C)OC(=O)CN(CCCC[C@H](NC(=O)OCC1c2ccccc2-c2ccccc21)C(=O)O)CC(=O)OC(C)(C)C. The number of carbonyl (C=O) groups is 12. The van der Waals surface area contributed by atoms with Crippen molar-refractivity contribution in [1.82, 2.24) is 25.1 Å². The lowest BCUT2D eigenvalue weighted by Crippen LogP contribution is -2.44. The molecule has 1 fully saturated rings. The van der Waals surface area contributed by atoms with Crippen molar-refractivity contribution in [2.45, 2.75) is 202 Å². The molecule has 1 aliphatic heterocycles. The molecule has 27 heteroatoms. The molecule has 1 saturated heterocycles. The lowest BCUT2D eigenvalue weighted by molar-refractivity contribution is -0.198. The normalized spacial score (nSPS) is 13.7. The zero-order valence-corrected chi connectivity index (χ0v) is 56.7. The number of benzene rings is 2. The molecule has 92 heavy (non-hydrogen) atoms. The number of carboxylic acid groups (broad SMARTS) is 2. The predicted molar refractivity (Wildman–Crippen MR) is 333 cm³/mol. The van der Waals surface area contributed by atoms with Gasteiger partial charge in [-0.15, -0.1) is 5.06 Å². The minimum Gasteiger partial charge on any atom is -0.480 e. The molecule has 0 radical (unpaired) electrons. The first-order valence-electron chi connectivity index (χ1n) is 30.2. The topological polar surface area (TPSA) is 344 Å². The Morgan fingerprint density at radius 1 is 0.467 bits per heavy atom. The summed E-state index contributed by atoms with van der Waals surface area (Å²) in [6.07, 6.45) is 0.163. The second-order valence-corrected chi connectivity index (χ2v) is 27.8. The minimum absolute atomic E-state index is 0.0361. The molecular formula is C65H97N5O22. The van der Waals surface area contributed by atoms with Crippen LogP contribution in [0.4, 0.5) is 4.79 Å². The fourth-order valence-electron chi connectivity index (χ4n) is 8.77. The van der Waals surface area contributed by atoms with Crippen LogP contribution in [0.5, 0.6) is 0 Å². The molecule has 0 bridgehead atoms. The second-order valence-electron chi connectivity index (χ2n) is 27.8. The smallest absolute Gasteiger partial charge is 0.407 e. The van der Waals surface area contributed by atoms with Crippen LogP contribution in [0, 0.1) is 0 Å². The van der Waals surface area contributed by atoms with Crippen molar-refractivity contribution >= 4 is 71.6 Å². The molecule has 27 nitrogen and oxygen atoms in total. The first kappa shape index (κ1) is 80.1. The summed E-state index contributed by atoms with van der Waals surface area (Å²) in [5.41, 5.74) is 0.152. The van der Waals surface area contributed by atoms with Crippen LogP contribution < -0.4 is 5.32 Å². The Bertz CT molecular complexity index is 2750. The number of carboxylic acids is 2. The van der Waals surface area contributed by atoms with Crippen LogP contribution in [-0.2, 0) is 90.7 Å². The van der Waals surface area contributed by atoms with Gasteiger partial charge in [0.2, 0.25) is 0 Å². The van der Waals surface area contributed by atoms with Crippen molar-refractivity contribution in [2.75, 3.05) is 65.5 Å². The number of nitrogens with zero attached hydrogens (tertiary/aromatic N) is 4. The molecule has 2 aliphatic rings. The Labute approximate surface area is 539 Å². The van der Waals surface area contributed by atoms with E-state index in [0.717, 1.165) is 27.2 Å². The number of hydrogen-bond donors (Lipinski definition) is 3. The number of imide groups is 1. The molecule has 3 N–H and O–H groups in total. The predicted octanol–water partition coefficient (Wildman–Crippen LogP) is 6.77. The number of rotatable bonds is 26. The van der Waals surface area contributed by atoms with E-state index in [2.05, 4.69) is 5.32 Å². The van der Waals surface area contributed by atoms with Gasteiger partial charge >= 0.3 is 59.8 Å². The zero-order chi connectivity index (χ0) is 70.3. The Morgan fingerprint density at radius 3 is 1.11 bits per heavy atom. The summed E-state index contributed by atoms with van der Waals surface area (Å²) >= 11 is 0. The van der Waals surface area contributed by atoms with Crippen molar-refractivity contribution in [2.24, 2.45) is 0 Å².